The standard InChI is InChI=1S/C26H19ClFN3O2/c1-14-10-19-22(11-20(14)28)31(13-16-12-30-21-8-4-3-6-17(21)24(16)27)25(15(2)32)23(19)18-7-5-9-29-26(18)33/h3-12H,13H2,1-2H3,(H,29,33). The Morgan fingerprint density at radius 2 is 1.94 bits per heavy atom. The molecule has 0 aliphatic rings. The number of aryl methyl sites for hydroxylation is 1. The topological polar surface area (TPSA) is 67.8 Å². The van der Waals surface area contributed by atoms with Crippen LogP contribution in [0.5, 0.6) is 0 Å². The van der Waals surface area contributed by atoms with E-state index >= 15 is 0 Å². The summed E-state index contributed by atoms with van der Waals surface area (Å²) >= 11 is 6.71. The minimum Gasteiger partial charge on any atom is -0.333 e. The number of nitrogens with zero attached hydrogens (tertiary/aromatic N) is 2. The van der Waals surface area contributed by atoms with Crippen LogP contribution in [-0.4, -0.2) is 20.3 Å². The number of halogens is 2. The van der Waals surface area contributed by atoms with Crippen molar-refractivity contribution in [1.29, 1.82) is 0 Å². The van der Waals surface area contributed by atoms with Gasteiger partial charge in [-0.1, -0.05) is 29.8 Å². The molecule has 7 heteroatoms. The predicted molar refractivity (Wildman–Crippen MR) is 129 cm³/mol. The highest BCUT2D eigenvalue weighted by atomic mass is 35.5. The maximum Gasteiger partial charge on any atom is 0.255 e. The molecule has 164 valence electrons. The van der Waals surface area contributed by atoms with Crippen molar-refractivity contribution in [3.63, 3.8) is 0 Å². The zero-order valence-electron chi connectivity index (χ0n) is 17.9. The van der Waals surface area contributed by atoms with E-state index in [4.69, 9.17) is 11.6 Å². The van der Waals surface area contributed by atoms with Gasteiger partial charge in [0, 0.05) is 46.8 Å². The number of ketones is 1. The van der Waals surface area contributed by atoms with Crippen molar-refractivity contribution in [3.05, 3.63) is 98.9 Å². The average molecular weight is 460 g/mol. The molecule has 5 aromatic rings. The second kappa shape index (κ2) is 7.98. The number of benzene rings is 2. The smallest absolute Gasteiger partial charge is 0.255 e. The molecule has 0 aliphatic heterocycles. The van der Waals surface area contributed by atoms with E-state index < -0.39 is 5.82 Å². The van der Waals surface area contributed by atoms with E-state index in [0.717, 1.165) is 10.9 Å². The molecule has 0 unspecified atom stereocenters. The molecule has 1 N–H and O–H groups in total. The molecule has 0 aliphatic carbocycles. The van der Waals surface area contributed by atoms with Crippen molar-refractivity contribution >= 4 is 39.2 Å². The Balaban J connectivity index is 1.84. The molecule has 3 aromatic heterocycles. The van der Waals surface area contributed by atoms with Crippen molar-refractivity contribution in [2.75, 3.05) is 0 Å². The first-order valence-corrected chi connectivity index (χ1v) is 10.8. The molecule has 33 heavy (non-hydrogen) atoms. The minimum atomic E-state index is -0.396. The van der Waals surface area contributed by atoms with Crippen LogP contribution in [0.4, 0.5) is 4.39 Å². The van der Waals surface area contributed by atoms with E-state index in [9.17, 15) is 14.0 Å². The monoisotopic (exact) mass is 459 g/mol. The van der Waals surface area contributed by atoms with Gasteiger partial charge in [0.15, 0.2) is 5.78 Å². The van der Waals surface area contributed by atoms with Crippen LogP contribution in [0.1, 0.15) is 28.5 Å². The van der Waals surface area contributed by atoms with Crippen LogP contribution in [-0.2, 0) is 6.54 Å². The van der Waals surface area contributed by atoms with Crippen LogP contribution < -0.4 is 5.56 Å². The summed E-state index contributed by atoms with van der Waals surface area (Å²) in [7, 11) is 0. The first-order chi connectivity index (χ1) is 15.9. The van der Waals surface area contributed by atoms with Gasteiger partial charge in [0.25, 0.3) is 5.56 Å². The maximum absolute atomic E-state index is 14.7. The van der Waals surface area contributed by atoms with Gasteiger partial charge in [-0.15, -0.1) is 0 Å². The highest BCUT2D eigenvalue weighted by molar-refractivity contribution is 6.36. The highest BCUT2D eigenvalue weighted by Gasteiger charge is 2.25. The summed E-state index contributed by atoms with van der Waals surface area (Å²) in [6.45, 7) is 3.28. The highest BCUT2D eigenvalue weighted by Crippen LogP contribution is 2.37. The quantitative estimate of drug-likeness (QED) is 0.340. The lowest BCUT2D eigenvalue weighted by Gasteiger charge is -2.13. The van der Waals surface area contributed by atoms with E-state index in [1.807, 2.05) is 24.3 Å². The number of aromatic nitrogens is 3. The fraction of sp³-hybridized carbons (Fsp3) is 0.115. The molecule has 0 amide bonds. The van der Waals surface area contributed by atoms with E-state index in [2.05, 4.69) is 9.97 Å². The Bertz CT molecular complexity index is 1630. The Morgan fingerprint density at radius 1 is 1.15 bits per heavy atom. The number of pyridine rings is 2. The van der Waals surface area contributed by atoms with Gasteiger partial charge in [-0.3, -0.25) is 14.6 Å². The summed E-state index contributed by atoms with van der Waals surface area (Å²) in [5.41, 5.74) is 3.19. The lowest BCUT2D eigenvalue weighted by Crippen LogP contribution is -2.12. The summed E-state index contributed by atoms with van der Waals surface area (Å²) in [4.78, 5) is 32.8. The second-order valence-corrected chi connectivity index (χ2v) is 8.39. The van der Waals surface area contributed by atoms with Crippen molar-refractivity contribution in [2.24, 2.45) is 0 Å². The number of rotatable bonds is 4. The Hall–Kier alpha value is -3.77. The van der Waals surface area contributed by atoms with Crippen molar-refractivity contribution < 1.29 is 9.18 Å². The van der Waals surface area contributed by atoms with Crippen LogP contribution >= 0.6 is 11.6 Å². The lowest BCUT2D eigenvalue weighted by molar-refractivity contribution is 0.101. The Kier molecular flexibility index (Phi) is 5.10. The van der Waals surface area contributed by atoms with Gasteiger partial charge in [-0.05, 0) is 42.8 Å². The van der Waals surface area contributed by atoms with E-state index in [1.165, 1.54) is 19.2 Å². The molecule has 0 fully saturated rings. The van der Waals surface area contributed by atoms with Gasteiger partial charge in [-0.25, -0.2) is 4.39 Å². The molecule has 5 nitrogen and oxygen atoms in total. The molecule has 5 rings (SSSR count). The number of para-hydroxylation sites is 1. The summed E-state index contributed by atoms with van der Waals surface area (Å²) in [5, 5.41) is 1.93. The molecule has 2 aromatic carbocycles. The van der Waals surface area contributed by atoms with E-state index in [-0.39, 0.29) is 17.9 Å². The number of hydrogen-bond donors (Lipinski definition) is 1. The van der Waals surface area contributed by atoms with E-state index in [1.54, 1.807) is 35.9 Å². The normalized spacial score (nSPS) is 11.4. The number of carbonyl (C=O) groups excluding carboxylic acids is 1. The first kappa shape index (κ1) is 21.1. The summed E-state index contributed by atoms with van der Waals surface area (Å²) in [6.07, 6.45) is 3.20. The van der Waals surface area contributed by atoms with Crippen LogP contribution in [0.25, 0.3) is 32.9 Å². The van der Waals surface area contributed by atoms with E-state index in [0.29, 0.717) is 43.9 Å². The number of H-pyrrole nitrogens is 1. The zero-order chi connectivity index (χ0) is 23.3. The average Bonchev–Trinajstić information content (AvgIpc) is 3.09. The molecule has 0 saturated carbocycles. The number of hydrogen-bond acceptors (Lipinski definition) is 3. The van der Waals surface area contributed by atoms with Crippen molar-refractivity contribution in [1.82, 2.24) is 14.5 Å². The second-order valence-electron chi connectivity index (χ2n) is 8.01. The molecule has 0 spiro atoms. The largest absolute Gasteiger partial charge is 0.333 e. The Morgan fingerprint density at radius 3 is 2.70 bits per heavy atom. The lowest BCUT2D eigenvalue weighted by atomic mass is 10.0. The number of aromatic amines is 1. The third-order valence-corrected chi connectivity index (χ3v) is 6.32. The van der Waals surface area contributed by atoms with Crippen molar-refractivity contribution in [3.8, 4) is 11.1 Å². The maximum atomic E-state index is 14.7. The van der Waals surface area contributed by atoms with Crippen LogP contribution in [0.15, 0.2) is 65.7 Å². The predicted octanol–water partition coefficient (Wildman–Crippen LogP) is 5.90. The molecule has 0 radical (unpaired) electrons. The summed E-state index contributed by atoms with van der Waals surface area (Å²) in [6, 6.07) is 13.9. The third-order valence-electron chi connectivity index (χ3n) is 5.88. The van der Waals surface area contributed by atoms with Crippen LogP contribution in [0.2, 0.25) is 5.02 Å². The number of Topliss-reactive ketones (excluding diaryl/α,β-unsaturated/α-hetero) is 1. The number of carbonyl (C=O) groups is 1. The molecule has 0 bridgehead atoms. The van der Waals surface area contributed by atoms with Gasteiger partial charge < -0.3 is 9.55 Å². The third kappa shape index (κ3) is 3.43. The first-order valence-electron chi connectivity index (χ1n) is 10.4. The molecule has 0 atom stereocenters. The number of nitrogens with one attached hydrogen (secondary N) is 1. The Labute approximate surface area is 193 Å². The summed E-state index contributed by atoms with van der Waals surface area (Å²) < 4.78 is 16.4. The molecule has 0 saturated heterocycles. The van der Waals surface area contributed by atoms with Gasteiger partial charge in [-0.2, -0.15) is 0 Å². The van der Waals surface area contributed by atoms with Gasteiger partial charge in [0.2, 0.25) is 0 Å². The number of fused-ring (bicyclic) bond motifs is 2. The van der Waals surface area contributed by atoms with Gasteiger partial charge in [0.05, 0.1) is 28.3 Å². The van der Waals surface area contributed by atoms with Crippen LogP contribution in [0.3, 0.4) is 0 Å². The van der Waals surface area contributed by atoms with Crippen molar-refractivity contribution in [2.45, 2.75) is 20.4 Å². The minimum absolute atomic E-state index is 0.190. The molecular weight excluding hydrogens is 441 g/mol. The fourth-order valence-corrected chi connectivity index (χ4v) is 4.60. The molecule has 3 heterocycles. The van der Waals surface area contributed by atoms with Crippen LogP contribution in [0, 0.1) is 12.7 Å². The zero-order valence-corrected chi connectivity index (χ0v) is 18.7. The van der Waals surface area contributed by atoms with Gasteiger partial charge in [0.1, 0.15) is 5.82 Å². The fourth-order valence-electron chi connectivity index (χ4n) is 4.33. The van der Waals surface area contributed by atoms with Gasteiger partial charge >= 0.3 is 0 Å². The SMILES string of the molecule is CC(=O)c1c(-c2ccc[nH]c2=O)c2cc(C)c(F)cc2n1Cc1cnc2ccccc2c1Cl. The summed E-state index contributed by atoms with van der Waals surface area (Å²) in [5.74, 6) is -0.639. The molecular formula is C26H19ClFN3O2.